The highest BCUT2D eigenvalue weighted by molar-refractivity contribution is 6.00. The Morgan fingerprint density at radius 2 is 1.77 bits per heavy atom. The summed E-state index contributed by atoms with van der Waals surface area (Å²) >= 11 is 0. The Labute approximate surface area is 177 Å². The fourth-order valence-corrected chi connectivity index (χ4v) is 4.19. The minimum atomic E-state index is -0.267. The zero-order chi connectivity index (χ0) is 20.9. The van der Waals surface area contributed by atoms with E-state index in [9.17, 15) is 9.59 Å². The van der Waals surface area contributed by atoms with Crippen LogP contribution in [0.4, 0.5) is 11.6 Å². The van der Waals surface area contributed by atoms with Crippen LogP contribution in [0.2, 0.25) is 0 Å². The normalized spacial score (nSPS) is 19.4. The molecule has 0 N–H and O–H groups in total. The molecule has 158 valence electrons. The van der Waals surface area contributed by atoms with E-state index in [0.717, 1.165) is 12.1 Å². The summed E-state index contributed by atoms with van der Waals surface area (Å²) in [6.45, 7) is 5.33. The van der Waals surface area contributed by atoms with Gasteiger partial charge in [0.05, 0.1) is 5.92 Å². The Bertz CT molecular complexity index is 863. The largest absolute Gasteiger partial charge is 0.339 e. The third-order valence-electron chi connectivity index (χ3n) is 5.97. The Balaban J connectivity index is 1.33. The number of aryl methyl sites for hydroxylation is 1. The molecule has 0 bridgehead atoms. The average Bonchev–Trinajstić information content (AvgIpc) is 3.20. The van der Waals surface area contributed by atoms with Gasteiger partial charge in [0, 0.05) is 57.2 Å². The van der Waals surface area contributed by atoms with Crippen LogP contribution in [0, 0.1) is 5.92 Å². The molecule has 0 aliphatic carbocycles. The van der Waals surface area contributed by atoms with Crippen LogP contribution in [-0.4, -0.2) is 59.4 Å². The van der Waals surface area contributed by atoms with Gasteiger partial charge in [-0.05, 0) is 36.6 Å². The number of carbonyl (C=O) groups is 2. The molecule has 1 atom stereocenters. The first-order chi connectivity index (χ1) is 14.7. The maximum Gasteiger partial charge on any atom is 0.228 e. The summed E-state index contributed by atoms with van der Waals surface area (Å²) in [4.78, 5) is 39.9. The number of amides is 2. The highest BCUT2D eigenvalue weighted by Crippen LogP contribution is 2.27. The van der Waals surface area contributed by atoms with Crippen molar-refractivity contribution in [2.24, 2.45) is 5.92 Å². The summed E-state index contributed by atoms with van der Waals surface area (Å²) in [5.41, 5.74) is 2.18. The molecule has 0 unspecified atom stereocenters. The summed E-state index contributed by atoms with van der Waals surface area (Å²) in [6.07, 6.45) is 7.15. The molecule has 2 aliphatic heterocycles. The van der Waals surface area contributed by atoms with Gasteiger partial charge >= 0.3 is 0 Å². The molecule has 7 heteroatoms. The molecule has 2 amide bonds. The monoisotopic (exact) mass is 407 g/mol. The number of piperazine rings is 1. The van der Waals surface area contributed by atoms with Crippen LogP contribution < -0.4 is 9.80 Å². The summed E-state index contributed by atoms with van der Waals surface area (Å²) in [6, 6.07) is 10.0. The van der Waals surface area contributed by atoms with E-state index < -0.39 is 0 Å². The lowest BCUT2D eigenvalue weighted by Gasteiger charge is -2.35. The average molecular weight is 408 g/mol. The number of anilines is 2. The van der Waals surface area contributed by atoms with Crippen LogP contribution in [0.3, 0.4) is 0 Å². The summed E-state index contributed by atoms with van der Waals surface area (Å²) in [5.74, 6) is 0.552. The van der Waals surface area contributed by atoms with E-state index in [0.29, 0.717) is 45.1 Å². The summed E-state index contributed by atoms with van der Waals surface area (Å²) < 4.78 is 0. The number of nitrogens with zero attached hydrogens (tertiary/aromatic N) is 5. The van der Waals surface area contributed by atoms with Crippen LogP contribution in [-0.2, 0) is 16.0 Å². The van der Waals surface area contributed by atoms with E-state index in [2.05, 4.69) is 33.9 Å². The molecule has 7 nitrogen and oxygen atoms in total. The van der Waals surface area contributed by atoms with Gasteiger partial charge < -0.3 is 14.7 Å². The molecule has 0 radical (unpaired) electrons. The first-order valence-corrected chi connectivity index (χ1v) is 10.9. The van der Waals surface area contributed by atoms with Gasteiger partial charge in [-0.1, -0.05) is 25.5 Å². The van der Waals surface area contributed by atoms with Crippen molar-refractivity contribution in [1.82, 2.24) is 14.9 Å². The van der Waals surface area contributed by atoms with Gasteiger partial charge in [0.25, 0.3) is 0 Å². The number of benzene rings is 1. The van der Waals surface area contributed by atoms with Gasteiger partial charge in [0.15, 0.2) is 0 Å². The molecular formula is C23H29N5O2. The number of unbranched alkanes of at least 4 members (excludes halogenated alkanes) is 1. The molecule has 30 heavy (non-hydrogen) atoms. The van der Waals surface area contributed by atoms with E-state index in [1.807, 2.05) is 17.0 Å². The number of hydrogen-bond acceptors (Lipinski definition) is 5. The van der Waals surface area contributed by atoms with Gasteiger partial charge in [0.2, 0.25) is 17.8 Å². The molecule has 0 spiro atoms. The third kappa shape index (κ3) is 4.45. The van der Waals surface area contributed by atoms with E-state index in [4.69, 9.17) is 0 Å². The second-order valence-electron chi connectivity index (χ2n) is 8.04. The second kappa shape index (κ2) is 9.24. The number of hydrogen-bond donors (Lipinski definition) is 0. The summed E-state index contributed by atoms with van der Waals surface area (Å²) in [5, 5.41) is 0. The van der Waals surface area contributed by atoms with Crippen molar-refractivity contribution in [2.45, 2.75) is 32.6 Å². The molecule has 2 fully saturated rings. The number of rotatable bonds is 6. The van der Waals surface area contributed by atoms with Crippen molar-refractivity contribution in [3.8, 4) is 0 Å². The smallest absolute Gasteiger partial charge is 0.228 e. The van der Waals surface area contributed by atoms with E-state index in [-0.39, 0.29) is 17.7 Å². The molecule has 1 aromatic carbocycles. The molecule has 1 aromatic heterocycles. The minimum absolute atomic E-state index is 0.0333. The standard InChI is InChI=1S/C23H29N5O2/c1-2-3-5-18-6-8-20(9-7-18)28-17-19(16-21(28)29)22(30)26-12-14-27(15-13-26)23-24-10-4-11-25-23/h4,6-11,19H,2-3,5,12-17H2,1H3/t19-/m0/s1. The van der Waals surface area contributed by atoms with Crippen molar-refractivity contribution in [3.05, 3.63) is 48.3 Å². The molecule has 2 saturated heterocycles. The van der Waals surface area contributed by atoms with Gasteiger partial charge in [-0.3, -0.25) is 9.59 Å². The number of carbonyl (C=O) groups excluding carboxylic acids is 2. The second-order valence-corrected chi connectivity index (χ2v) is 8.04. The molecule has 2 aromatic rings. The SMILES string of the molecule is CCCCc1ccc(N2C[C@@H](C(=O)N3CCN(c4ncccn4)CC3)CC2=O)cc1. The van der Waals surface area contributed by atoms with Crippen molar-refractivity contribution >= 4 is 23.5 Å². The lowest BCUT2D eigenvalue weighted by atomic mass is 10.1. The maximum atomic E-state index is 13.0. The maximum absolute atomic E-state index is 13.0. The van der Waals surface area contributed by atoms with Crippen LogP contribution >= 0.6 is 0 Å². The van der Waals surface area contributed by atoms with E-state index >= 15 is 0 Å². The zero-order valence-corrected chi connectivity index (χ0v) is 17.5. The Morgan fingerprint density at radius 1 is 1.07 bits per heavy atom. The molecule has 3 heterocycles. The molecule has 0 saturated carbocycles. The van der Waals surface area contributed by atoms with Crippen LogP contribution in [0.5, 0.6) is 0 Å². The Kier molecular flexibility index (Phi) is 6.26. The minimum Gasteiger partial charge on any atom is -0.339 e. The van der Waals surface area contributed by atoms with Crippen molar-refractivity contribution in [2.75, 3.05) is 42.5 Å². The lowest BCUT2D eigenvalue weighted by molar-refractivity contribution is -0.136. The topological polar surface area (TPSA) is 69.6 Å². The van der Waals surface area contributed by atoms with Gasteiger partial charge in [-0.25, -0.2) is 9.97 Å². The van der Waals surface area contributed by atoms with Gasteiger partial charge in [0.1, 0.15) is 0 Å². The zero-order valence-electron chi connectivity index (χ0n) is 17.5. The Morgan fingerprint density at radius 3 is 2.43 bits per heavy atom. The first-order valence-electron chi connectivity index (χ1n) is 10.9. The van der Waals surface area contributed by atoms with Crippen LogP contribution in [0.25, 0.3) is 0 Å². The van der Waals surface area contributed by atoms with E-state index in [1.54, 1.807) is 23.4 Å². The first kappa shape index (κ1) is 20.3. The van der Waals surface area contributed by atoms with E-state index in [1.165, 1.54) is 18.4 Å². The predicted octanol–water partition coefficient (Wildman–Crippen LogP) is 2.52. The fourth-order valence-electron chi connectivity index (χ4n) is 4.19. The predicted molar refractivity (Wildman–Crippen MR) is 116 cm³/mol. The highest BCUT2D eigenvalue weighted by atomic mass is 16.2. The van der Waals surface area contributed by atoms with Crippen LogP contribution in [0.15, 0.2) is 42.7 Å². The molecule has 4 rings (SSSR count). The third-order valence-corrected chi connectivity index (χ3v) is 5.97. The van der Waals surface area contributed by atoms with Crippen molar-refractivity contribution < 1.29 is 9.59 Å². The lowest BCUT2D eigenvalue weighted by Crippen LogP contribution is -2.51. The molecular weight excluding hydrogens is 378 g/mol. The Hall–Kier alpha value is -2.96. The van der Waals surface area contributed by atoms with Crippen molar-refractivity contribution in [1.29, 1.82) is 0 Å². The van der Waals surface area contributed by atoms with Crippen molar-refractivity contribution in [3.63, 3.8) is 0 Å². The van der Waals surface area contributed by atoms with Gasteiger partial charge in [-0.15, -0.1) is 0 Å². The number of aromatic nitrogens is 2. The summed E-state index contributed by atoms with van der Waals surface area (Å²) in [7, 11) is 0. The van der Waals surface area contributed by atoms with Gasteiger partial charge in [-0.2, -0.15) is 0 Å². The molecule has 2 aliphatic rings. The quantitative estimate of drug-likeness (QED) is 0.736. The highest BCUT2D eigenvalue weighted by Gasteiger charge is 2.38. The fraction of sp³-hybridized carbons (Fsp3) is 0.478. The van der Waals surface area contributed by atoms with Crippen LogP contribution in [0.1, 0.15) is 31.7 Å².